The molecule has 4 rings (SSSR count). The molecule has 1 fully saturated rings. The molecular weight excluding hydrogens is 386 g/mol. The number of rotatable bonds is 6. The predicted molar refractivity (Wildman–Crippen MR) is 113 cm³/mol. The van der Waals surface area contributed by atoms with Crippen LogP contribution < -0.4 is 15.0 Å². The fourth-order valence-electron chi connectivity index (χ4n) is 3.28. The lowest BCUT2D eigenvalue weighted by molar-refractivity contribution is 0.0949. The summed E-state index contributed by atoms with van der Waals surface area (Å²) in [4.78, 5) is 29.0. The molecule has 0 radical (unpaired) electrons. The lowest BCUT2D eigenvalue weighted by Gasteiger charge is -2.26. The number of nitrogens with zero attached hydrogens (tertiary/aromatic N) is 4. The highest BCUT2D eigenvalue weighted by molar-refractivity contribution is 7.13. The van der Waals surface area contributed by atoms with Gasteiger partial charge in [-0.15, -0.1) is 11.3 Å². The average molecular weight is 410 g/mol. The molecular formula is C21H23N5O2S. The Morgan fingerprint density at radius 2 is 1.90 bits per heavy atom. The Morgan fingerprint density at radius 3 is 2.59 bits per heavy atom. The average Bonchev–Trinajstić information content (AvgIpc) is 3.33. The van der Waals surface area contributed by atoms with E-state index in [1.807, 2.05) is 35.7 Å². The van der Waals surface area contributed by atoms with Crippen molar-refractivity contribution in [2.75, 3.05) is 25.1 Å². The summed E-state index contributed by atoms with van der Waals surface area (Å²) in [6.07, 6.45) is 3.48. The van der Waals surface area contributed by atoms with Gasteiger partial charge in [0.25, 0.3) is 5.91 Å². The molecule has 1 aliphatic rings. The number of thiophene rings is 1. The monoisotopic (exact) mass is 409 g/mol. The Balaban J connectivity index is 1.43. The Kier molecular flexibility index (Phi) is 6.00. The summed E-state index contributed by atoms with van der Waals surface area (Å²) in [5, 5.41) is 4.93. The summed E-state index contributed by atoms with van der Waals surface area (Å²) in [5.74, 6) is 0.934. The van der Waals surface area contributed by atoms with Crippen molar-refractivity contribution in [3.63, 3.8) is 0 Å². The fraction of sp³-hybridized carbons (Fsp3) is 0.333. The number of hydrogen-bond donors (Lipinski definition) is 1. The zero-order chi connectivity index (χ0) is 20.1. The van der Waals surface area contributed by atoms with Crippen molar-refractivity contribution >= 4 is 23.2 Å². The van der Waals surface area contributed by atoms with Crippen molar-refractivity contribution in [3.05, 3.63) is 53.2 Å². The van der Waals surface area contributed by atoms with Gasteiger partial charge in [-0.3, -0.25) is 4.79 Å². The third kappa shape index (κ3) is 4.71. The van der Waals surface area contributed by atoms with Crippen LogP contribution in [-0.2, 0) is 6.54 Å². The molecule has 7 nitrogen and oxygen atoms in total. The first kappa shape index (κ1) is 19.3. The SMILES string of the molecule is COc1nc(CNC(=O)c2ccc(-c3cccs3)cc2)nc(N2CCCCC2)n1. The van der Waals surface area contributed by atoms with Gasteiger partial charge in [0.05, 0.1) is 13.7 Å². The molecule has 0 spiro atoms. The van der Waals surface area contributed by atoms with Crippen LogP contribution in [0.2, 0.25) is 0 Å². The molecule has 1 saturated heterocycles. The zero-order valence-corrected chi connectivity index (χ0v) is 17.1. The minimum atomic E-state index is -0.165. The van der Waals surface area contributed by atoms with Gasteiger partial charge in [-0.1, -0.05) is 18.2 Å². The molecule has 3 aromatic rings. The molecule has 1 N–H and O–H groups in total. The number of nitrogens with one attached hydrogen (secondary N) is 1. The van der Waals surface area contributed by atoms with Gasteiger partial charge in [0.2, 0.25) is 5.95 Å². The molecule has 1 aromatic carbocycles. The molecule has 2 aromatic heterocycles. The smallest absolute Gasteiger partial charge is 0.321 e. The highest BCUT2D eigenvalue weighted by Gasteiger charge is 2.17. The lowest BCUT2D eigenvalue weighted by Crippen LogP contribution is -2.32. The van der Waals surface area contributed by atoms with Crippen molar-refractivity contribution in [2.24, 2.45) is 0 Å². The number of piperidine rings is 1. The third-order valence-electron chi connectivity index (χ3n) is 4.83. The fourth-order valence-corrected chi connectivity index (χ4v) is 4.02. The Morgan fingerprint density at radius 1 is 1.10 bits per heavy atom. The Labute approximate surface area is 173 Å². The largest absolute Gasteiger partial charge is 0.467 e. The van der Waals surface area contributed by atoms with Gasteiger partial charge in [0.1, 0.15) is 0 Å². The van der Waals surface area contributed by atoms with Gasteiger partial charge >= 0.3 is 6.01 Å². The van der Waals surface area contributed by atoms with Crippen LogP contribution in [0, 0.1) is 0 Å². The molecule has 1 amide bonds. The topological polar surface area (TPSA) is 80.2 Å². The maximum atomic E-state index is 12.5. The number of methoxy groups -OCH3 is 1. The summed E-state index contributed by atoms with van der Waals surface area (Å²) in [6.45, 7) is 2.07. The Hall–Kier alpha value is -3.00. The van der Waals surface area contributed by atoms with Gasteiger partial charge in [-0.2, -0.15) is 15.0 Å². The molecule has 0 unspecified atom stereocenters. The van der Waals surface area contributed by atoms with Gasteiger partial charge in [-0.05, 0) is 48.4 Å². The summed E-state index contributed by atoms with van der Waals surface area (Å²) >= 11 is 1.68. The van der Waals surface area contributed by atoms with Crippen LogP contribution in [0.1, 0.15) is 35.4 Å². The Bertz CT molecular complexity index is 954. The van der Waals surface area contributed by atoms with Gasteiger partial charge in [-0.25, -0.2) is 0 Å². The minimum Gasteiger partial charge on any atom is -0.467 e. The first-order valence-electron chi connectivity index (χ1n) is 9.69. The summed E-state index contributed by atoms with van der Waals surface area (Å²) < 4.78 is 5.23. The third-order valence-corrected chi connectivity index (χ3v) is 5.75. The van der Waals surface area contributed by atoms with E-state index in [0.29, 0.717) is 17.3 Å². The molecule has 0 bridgehead atoms. The summed E-state index contributed by atoms with van der Waals surface area (Å²) in [6, 6.07) is 11.9. The molecule has 0 saturated carbocycles. The molecule has 3 heterocycles. The first-order valence-corrected chi connectivity index (χ1v) is 10.6. The maximum Gasteiger partial charge on any atom is 0.321 e. The van der Waals surface area contributed by atoms with Crippen molar-refractivity contribution in [1.29, 1.82) is 0 Å². The summed E-state index contributed by atoms with van der Waals surface area (Å²) in [5.41, 5.74) is 1.70. The number of anilines is 1. The van der Waals surface area contributed by atoms with Crippen LogP contribution in [0.25, 0.3) is 10.4 Å². The van der Waals surface area contributed by atoms with E-state index in [4.69, 9.17) is 4.74 Å². The van der Waals surface area contributed by atoms with Crippen molar-refractivity contribution in [2.45, 2.75) is 25.8 Å². The number of carbonyl (C=O) groups excluding carboxylic acids is 1. The number of benzene rings is 1. The van der Waals surface area contributed by atoms with Crippen LogP contribution in [0.3, 0.4) is 0 Å². The van der Waals surface area contributed by atoms with E-state index >= 15 is 0 Å². The normalized spacial score (nSPS) is 13.9. The van der Waals surface area contributed by atoms with Crippen LogP contribution >= 0.6 is 11.3 Å². The van der Waals surface area contributed by atoms with Gasteiger partial charge < -0.3 is 15.0 Å². The molecule has 8 heteroatoms. The van der Waals surface area contributed by atoms with E-state index in [1.165, 1.54) is 18.4 Å². The highest BCUT2D eigenvalue weighted by Crippen LogP contribution is 2.24. The van der Waals surface area contributed by atoms with Crippen LogP contribution in [0.15, 0.2) is 41.8 Å². The van der Waals surface area contributed by atoms with E-state index < -0.39 is 0 Å². The molecule has 150 valence electrons. The number of aromatic nitrogens is 3. The maximum absolute atomic E-state index is 12.5. The molecule has 0 aliphatic carbocycles. The van der Waals surface area contributed by atoms with Crippen molar-refractivity contribution < 1.29 is 9.53 Å². The molecule has 29 heavy (non-hydrogen) atoms. The van der Waals surface area contributed by atoms with Gasteiger partial charge in [0.15, 0.2) is 5.82 Å². The quantitative estimate of drug-likeness (QED) is 0.671. The van der Waals surface area contributed by atoms with E-state index in [2.05, 4.69) is 31.2 Å². The second-order valence-corrected chi connectivity index (χ2v) is 7.77. The van der Waals surface area contributed by atoms with Crippen molar-refractivity contribution in [3.8, 4) is 16.5 Å². The number of amides is 1. The molecule has 0 atom stereocenters. The van der Waals surface area contributed by atoms with Crippen LogP contribution in [-0.4, -0.2) is 41.1 Å². The second-order valence-electron chi connectivity index (χ2n) is 6.82. The highest BCUT2D eigenvalue weighted by atomic mass is 32.1. The van der Waals surface area contributed by atoms with E-state index in [0.717, 1.165) is 31.5 Å². The van der Waals surface area contributed by atoms with Crippen molar-refractivity contribution in [1.82, 2.24) is 20.3 Å². The predicted octanol–water partition coefficient (Wildman–Crippen LogP) is 3.53. The van der Waals surface area contributed by atoms with E-state index in [1.54, 1.807) is 11.3 Å². The van der Waals surface area contributed by atoms with Gasteiger partial charge in [0, 0.05) is 23.5 Å². The number of hydrogen-bond acceptors (Lipinski definition) is 7. The standard InChI is InChI=1S/C21H23N5O2S/c1-28-21-24-18(23-20(25-21)26-11-3-2-4-12-26)14-22-19(27)16-9-7-15(8-10-16)17-6-5-13-29-17/h5-10,13H,2-4,11-12,14H2,1H3,(H,22,27). The van der Waals surface area contributed by atoms with Crippen LogP contribution in [0.4, 0.5) is 5.95 Å². The zero-order valence-electron chi connectivity index (χ0n) is 16.3. The first-order chi connectivity index (χ1) is 14.2. The molecule has 1 aliphatic heterocycles. The number of carbonyl (C=O) groups is 1. The van der Waals surface area contributed by atoms with E-state index in [9.17, 15) is 4.79 Å². The minimum absolute atomic E-state index is 0.165. The van der Waals surface area contributed by atoms with E-state index in [-0.39, 0.29) is 18.5 Å². The second kappa shape index (κ2) is 9.00. The van der Waals surface area contributed by atoms with Crippen LogP contribution in [0.5, 0.6) is 6.01 Å². The number of ether oxygens (including phenoxy) is 1. The lowest BCUT2D eigenvalue weighted by atomic mass is 10.1. The summed E-state index contributed by atoms with van der Waals surface area (Å²) in [7, 11) is 1.53.